The number of hydrogen-bond donors (Lipinski definition) is 1. The van der Waals surface area contributed by atoms with E-state index in [4.69, 9.17) is 0 Å². The van der Waals surface area contributed by atoms with Crippen molar-refractivity contribution in [1.82, 2.24) is 9.88 Å². The molecule has 0 aliphatic rings. The summed E-state index contributed by atoms with van der Waals surface area (Å²) in [6.45, 7) is 2.73. The summed E-state index contributed by atoms with van der Waals surface area (Å²) in [6.07, 6.45) is 3.02. The Morgan fingerprint density at radius 1 is 1.10 bits per heavy atom. The van der Waals surface area contributed by atoms with Crippen molar-refractivity contribution in [3.63, 3.8) is 0 Å². The van der Waals surface area contributed by atoms with Crippen molar-refractivity contribution >= 4 is 22.2 Å². The van der Waals surface area contributed by atoms with Gasteiger partial charge in [0.15, 0.2) is 0 Å². The molecule has 0 saturated heterocycles. The van der Waals surface area contributed by atoms with Gasteiger partial charge in [-0.25, -0.2) is 4.39 Å². The molecule has 2 nitrogen and oxygen atoms in total. The van der Waals surface area contributed by atoms with E-state index in [1.807, 2.05) is 18.3 Å². The summed E-state index contributed by atoms with van der Waals surface area (Å²) in [6, 6.07) is 11.3. The third-order valence-corrected chi connectivity index (χ3v) is 4.35. The zero-order valence-electron chi connectivity index (χ0n) is 11.2. The normalized spacial score (nSPS) is 11.2. The number of fused-ring (bicyclic) bond motifs is 1. The van der Waals surface area contributed by atoms with Crippen LogP contribution in [-0.4, -0.2) is 17.7 Å². The molecule has 0 aliphatic heterocycles. The van der Waals surface area contributed by atoms with Crippen LogP contribution in [0.5, 0.6) is 0 Å². The lowest BCUT2D eigenvalue weighted by Crippen LogP contribution is -2.21. The Bertz CT molecular complexity index is 673. The van der Waals surface area contributed by atoms with Gasteiger partial charge in [-0.05, 0) is 36.1 Å². The van der Waals surface area contributed by atoms with Crippen molar-refractivity contribution in [3.8, 4) is 0 Å². The quantitative estimate of drug-likeness (QED) is 0.685. The molecule has 4 heteroatoms. The number of halogens is 1. The molecular formula is C16H17FN2S. The third-order valence-electron chi connectivity index (χ3n) is 3.42. The van der Waals surface area contributed by atoms with Crippen LogP contribution in [0, 0.1) is 5.82 Å². The highest BCUT2D eigenvalue weighted by Gasteiger charge is 2.04. The van der Waals surface area contributed by atoms with Crippen LogP contribution in [0.3, 0.4) is 0 Å². The summed E-state index contributed by atoms with van der Waals surface area (Å²) in [5, 5.41) is 6.24. The Morgan fingerprint density at radius 3 is 2.90 bits per heavy atom. The Morgan fingerprint density at radius 2 is 2.05 bits per heavy atom. The Hall–Kier alpha value is -1.65. The lowest BCUT2D eigenvalue weighted by molar-refractivity contribution is 0.610. The van der Waals surface area contributed by atoms with Gasteiger partial charge in [0.2, 0.25) is 0 Å². The van der Waals surface area contributed by atoms with Crippen LogP contribution in [0.15, 0.2) is 48.0 Å². The van der Waals surface area contributed by atoms with Crippen molar-refractivity contribution < 1.29 is 4.39 Å². The maximum absolute atomic E-state index is 13.6. The van der Waals surface area contributed by atoms with Crippen molar-refractivity contribution in [2.45, 2.75) is 13.0 Å². The maximum Gasteiger partial charge on any atom is 0.132 e. The third kappa shape index (κ3) is 2.92. The van der Waals surface area contributed by atoms with Gasteiger partial charge in [-0.15, -0.1) is 11.3 Å². The number of nitrogens with one attached hydrogen (secondary N) is 1. The highest BCUT2D eigenvalue weighted by atomic mass is 32.1. The maximum atomic E-state index is 13.6. The van der Waals surface area contributed by atoms with E-state index in [0.29, 0.717) is 5.39 Å². The van der Waals surface area contributed by atoms with Gasteiger partial charge < -0.3 is 9.88 Å². The van der Waals surface area contributed by atoms with E-state index in [9.17, 15) is 4.39 Å². The first-order valence-electron chi connectivity index (χ1n) is 6.81. The van der Waals surface area contributed by atoms with Crippen LogP contribution in [0.1, 0.15) is 4.88 Å². The average Bonchev–Trinajstić information content (AvgIpc) is 3.09. The SMILES string of the molecule is Fc1cccc2c1ccn2CCNCCc1cccs1. The summed E-state index contributed by atoms with van der Waals surface area (Å²) in [7, 11) is 0. The zero-order chi connectivity index (χ0) is 13.8. The molecule has 2 aromatic heterocycles. The molecule has 0 radical (unpaired) electrons. The number of hydrogen-bond acceptors (Lipinski definition) is 2. The first kappa shape index (κ1) is 13.3. The standard InChI is InChI=1S/C16H17FN2S/c17-15-4-1-5-16-14(15)7-10-19(16)11-9-18-8-6-13-3-2-12-20-13/h1-5,7,10,12,18H,6,8-9,11H2. The topological polar surface area (TPSA) is 17.0 Å². The molecular weight excluding hydrogens is 271 g/mol. The summed E-state index contributed by atoms with van der Waals surface area (Å²) in [5.41, 5.74) is 0.963. The van der Waals surface area contributed by atoms with E-state index in [-0.39, 0.29) is 5.82 Å². The highest BCUT2D eigenvalue weighted by molar-refractivity contribution is 7.09. The van der Waals surface area contributed by atoms with E-state index in [0.717, 1.165) is 31.6 Å². The van der Waals surface area contributed by atoms with Gasteiger partial charge in [-0.2, -0.15) is 0 Å². The van der Waals surface area contributed by atoms with Crippen LogP contribution < -0.4 is 5.32 Å². The van der Waals surface area contributed by atoms with E-state index in [2.05, 4.69) is 27.4 Å². The second-order valence-electron chi connectivity index (χ2n) is 4.76. The summed E-state index contributed by atoms with van der Waals surface area (Å²) in [5.74, 6) is -0.146. The highest BCUT2D eigenvalue weighted by Crippen LogP contribution is 2.18. The molecule has 1 N–H and O–H groups in total. The van der Waals surface area contributed by atoms with Crippen molar-refractivity contribution in [2.75, 3.05) is 13.1 Å². The Balaban J connectivity index is 1.51. The van der Waals surface area contributed by atoms with Crippen LogP contribution >= 0.6 is 11.3 Å². The second kappa shape index (κ2) is 6.20. The lowest BCUT2D eigenvalue weighted by atomic mass is 10.2. The minimum Gasteiger partial charge on any atom is -0.346 e. The average molecular weight is 288 g/mol. The Labute approximate surface area is 121 Å². The van der Waals surface area contributed by atoms with Gasteiger partial charge in [0.05, 0.1) is 5.52 Å². The number of aromatic nitrogens is 1. The van der Waals surface area contributed by atoms with Gasteiger partial charge in [-0.3, -0.25) is 0 Å². The lowest BCUT2D eigenvalue weighted by Gasteiger charge is -2.07. The van der Waals surface area contributed by atoms with E-state index in [1.165, 1.54) is 10.9 Å². The van der Waals surface area contributed by atoms with Crippen LogP contribution in [-0.2, 0) is 13.0 Å². The number of nitrogens with zero attached hydrogens (tertiary/aromatic N) is 1. The van der Waals surface area contributed by atoms with Gasteiger partial charge in [0.25, 0.3) is 0 Å². The molecule has 1 aromatic carbocycles. The van der Waals surface area contributed by atoms with Crippen LogP contribution in [0.2, 0.25) is 0 Å². The number of benzene rings is 1. The first-order chi connectivity index (χ1) is 9.84. The molecule has 0 atom stereocenters. The van der Waals surface area contributed by atoms with Crippen LogP contribution in [0.4, 0.5) is 4.39 Å². The molecule has 0 saturated carbocycles. The predicted octanol–water partition coefficient (Wildman–Crippen LogP) is 3.67. The molecule has 3 aromatic rings. The number of rotatable bonds is 6. The van der Waals surface area contributed by atoms with E-state index < -0.39 is 0 Å². The molecule has 0 aliphatic carbocycles. The smallest absolute Gasteiger partial charge is 0.132 e. The second-order valence-corrected chi connectivity index (χ2v) is 5.79. The van der Waals surface area contributed by atoms with Crippen molar-refractivity contribution in [2.24, 2.45) is 0 Å². The Kier molecular flexibility index (Phi) is 4.14. The van der Waals surface area contributed by atoms with Gasteiger partial charge in [0, 0.05) is 36.1 Å². The van der Waals surface area contributed by atoms with Crippen molar-refractivity contribution in [1.29, 1.82) is 0 Å². The van der Waals surface area contributed by atoms with E-state index in [1.54, 1.807) is 17.4 Å². The molecule has 0 unspecified atom stereocenters. The fraction of sp³-hybridized carbons (Fsp3) is 0.250. The van der Waals surface area contributed by atoms with Crippen LogP contribution in [0.25, 0.3) is 10.9 Å². The molecule has 0 amide bonds. The minimum atomic E-state index is -0.146. The fourth-order valence-corrected chi connectivity index (χ4v) is 3.08. The van der Waals surface area contributed by atoms with Crippen molar-refractivity contribution in [3.05, 3.63) is 58.7 Å². The molecule has 0 fully saturated rings. The summed E-state index contributed by atoms with van der Waals surface area (Å²) >= 11 is 1.80. The molecule has 0 bridgehead atoms. The van der Waals surface area contributed by atoms with Gasteiger partial charge >= 0.3 is 0 Å². The molecule has 0 spiro atoms. The fourth-order valence-electron chi connectivity index (χ4n) is 2.37. The zero-order valence-corrected chi connectivity index (χ0v) is 12.0. The largest absolute Gasteiger partial charge is 0.346 e. The monoisotopic (exact) mass is 288 g/mol. The summed E-state index contributed by atoms with van der Waals surface area (Å²) in [4.78, 5) is 1.41. The number of thiophene rings is 1. The predicted molar refractivity (Wildman–Crippen MR) is 82.8 cm³/mol. The summed E-state index contributed by atoms with van der Waals surface area (Å²) < 4.78 is 15.7. The first-order valence-corrected chi connectivity index (χ1v) is 7.69. The molecule has 2 heterocycles. The molecule has 3 rings (SSSR count). The molecule has 104 valence electrons. The van der Waals surface area contributed by atoms with Gasteiger partial charge in [-0.1, -0.05) is 12.1 Å². The van der Waals surface area contributed by atoms with Gasteiger partial charge in [0.1, 0.15) is 5.82 Å². The van der Waals surface area contributed by atoms with E-state index >= 15 is 0 Å². The minimum absolute atomic E-state index is 0.146. The molecule has 20 heavy (non-hydrogen) atoms.